The highest BCUT2D eigenvalue weighted by atomic mass is 16.6. The monoisotopic (exact) mass is 330 g/mol. The number of fused-ring (bicyclic) bond motifs is 3. The quantitative estimate of drug-likeness (QED) is 0.836. The number of cyclic esters (lactones) is 1. The number of hydrogen-bond acceptors (Lipinski definition) is 4. The Hall–Kier alpha value is -2.24. The van der Waals surface area contributed by atoms with Gasteiger partial charge in [0.25, 0.3) is 0 Å². The lowest BCUT2D eigenvalue weighted by Crippen LogP contribution is -2.44. The molecule has 2 amide bonds. The average Bonchev–Trinajstić information content (AvgIpc) is 2.87. The van der Waals surface area contributed by atoms with Crippen molar-refractivity contribution in [2.75, 3.05) is 25.2 Å². The van der Waals surface area contributed by atoms with Crippen LogP contribution in [0.25, 0.3) is 0 Å². The molecule has 2 aliphatic heterocycles. The summed E-state index contributed by atoms with van der Waals surface area (Å²) in [4.78, 5) is 28.6. The number of amides is 2. The minimum atomic E-state index is -0.301. The molecule has 0 radical (unpaired) electrons. The van der Waals surface area contributed by atoms with E-state index in [1.807, 2.05) is 23.1 Å². The third-order valence-corrected chi connectivity index (χ3v) is 5.37. The van der Waals surface area contributed by atoms with E-state index in [0.29, 0.717) is 19.7 Å². The second kappa shape index (κ2) is 6.00. The van der Waals surface area contributed by atoms with Crippen LogP contribution in [0.15, 0.2) is 18.2 Å². The predicted octanol–water partition coefficient (Wildman–Crippen LogP) is 2.55. The Morgan fingerprint density at radius 2 is 2.12 bits per heavy atom. The number of ether oxygens (including phenoxy) is 2. The van der Waals surface area contributed by atoms with Gasteiger partial charge in [-0.25, -0.2) is 4.79 Å². The first-order chi connectivity index (χ1) is 11.7. The molecule has 6 nitrogen and oxygen atoms in total. The summed E-state index contributed by atoms with van der Waals surface area (Å²) in [6, 6.07) is 5.65. The molecule has 1 saturated heterocycles. The Morgan fingerprint density at radius 1 is 1.29 bits per heavy atom. The van der Waals surface area contributed by atoms with Gasteiger partial charge in [-0.1, -0.05) is 6.42 Å². The summed E-state index contributed by atoms with van der Waals surface area (Å²) in [6.45, 7) is 1.55. The first-order valence-corrected chi connectivity index (χ1v) is 8.59. The molecule has 1 aliphatic carbocycles. The highest BCUT2D eigenvalue weighted by Gasteiger charge is 2.39. The molecule has 0 N–H and O–H groups in total. The first-order valence-electron chi connectivity index (χ1n) is 8.59. The molecule has 0 aromatic heterocycles. The van der Waals surface area contributed by atoms with E-state index in [2.05, 4.69) is 0 Å². The van der Waals surface area contributed by atoms with E-state index >= 15 is 0 Å². The lowest BCUT2D eigenvalue weighted by Gasteiger charge is -2.36. The molecule has 0 bridgehead atoms. The molecule has 3 aliphatic rings. The smallest absolute Gasteiger partial charge is 0.414 e. The van der Waals surface area contributed by atoms with Gasteiger partial charge in [0, 0.05) is 19.0 Å². The summed E-state index contributed by atoms with van der Waals surface area (Å²) >= 11 is 0. The molecule has 1 aromatic rings. The van der Waals surface area contributed by atoms with Gasteiger partial charge in [0.05, 0.1) is 18.8 Å². The lowest BCUT2D eigenvalue weighted by atomic mass is 9.84. The van der Waals surface area contributed by atoms with Crippen molar-refractivity contribution < 1.29 is 19.1 Å². The van der Waals surface area contributed by atoms with Gasteiger partial charge in [-0.2, -0.15) is 0 Å². The van der Waals surface area contributed by atoms with Gasteiger partial charge in [0.2, 0.25) is 5.91 Å². The molecule has 1 atom stereocenters. The minimum absolute atomic E-state index is 0.0124. The van der Waals surface area contributed by atoms with Gasteiger partial charge in [0.1, 0.15) is 12.4 Å². The lowest BCUT2D eigenvalue weighted by molar-refractivity contribution is -0.139. The van der Waals surface area contributed by atoms with Gasteiger partial charge >= 0.3 is 6.09 Å². The molecule has 2 heterocycles. The Kier molecular flexibility index (Phi) is 3.82. The predicted molar refractivity (Wildman–Crippen MR) is 88.0 cm³/mol. The van der Waals surface area contributed by atoms with Crippen molar-refractivity contribution in [3.63, 3.8) is 0 Å². The van der Waals surface area contributed by atoms with Crippen molar-refractivity contribution in [3.05, 3.63) is 23.8 Å². The molecule has 24 heavy (non-hydrogen) atoms. The fourth-order valence-corrected chi connectivity index (χ4v) is 3.71. The number of carbonyl (C=O) groups excluding carboxylic acids is 2. The van der Waals surface area contributed by atoms with Crippen molar-refractivity contribution in [1.82, 2.24) is 4.90 Å². The normalized spacial score (nSPS) is 23.5. The standard InChI is InChI=1S/C18H22N2O4/c1-23-15-5-6-16-13(9-15)10-19(17(21)12-3-2-4-12)8-7-14-11-24-18(22)20(14)16/h5-6,9,12,14H,2-4,7-8,10-11H2,1H3/t14-/m0/s1. The Morgan fingerprint density at radius 3 is 2.83 bits per heavy atom. The van der Waals surface area contributed by atoms with Gasteiger partial charge in [-0.05, 0) is 43.0 Å². The topological polar surface area (TPSA) is 59.1 Å². The van der Waals surface area contributed by atoms with Crippen LogP contribution in [0.2, 0.25) is 0 Å². The Labute approximate surface area is 141 Å². The second-order valence-electron chi connectivity index (χ2n) is 6.77. The highest BCUT2D eigenvalue weighted by molar-refractivity contribution is 5.91. The third kappa shape index (κ3) is 2.50. The fourth-order valence-electron chi connectivity index (χ4n) is 3.71. The number of anilines is 1. The number of rotatable bonds is 2. The van der Waals surface area contributed by atoms with Crippen LogP contribution in [0.3, 0.4) is 0 Å². The number of nitrogens with zero attached hydrogens (tertiary/aromatic N) is 2. The van der Waals surface area contributed by atoms with Crippen molar-refractivity contribution in [1.29, 1.82) is 0 Å². The summed E-state index contributed by atoms with van der Waals surface area (Å²) in [5, 5.41) is 0. The molecule has 0 spiro atoms. The SMILES string of the molecule is COc1ccc2c(c1)CN(C(=O)C1CCC1)CC[C@H]1COC(=O)N21. The summed E-state index contributed by atoms with van der Waals surface area (Å²) < 4.78 is 10.6. The van der Waals surface area contributed by atoms with Gasteiger partial charge in [-0.3, -0.25) is 9.69 Å². The Bertz CT molecular complexity index is 671. The molecule has 6 heteroatoms. The van der Waals surface area contributed by atoms with Gasteiger partial charge in [0.15, 0.2) is 0 Å². The molecular formula is C18H22N2O4. The van der Waals surface area contributed by atoms with Crippen LogP contribution in [0.5, 0.6) is 5.75 Å². The zero-order valence-electron chi connectivity index (χ0n) is 13.9. The molecule has 2 fully saturated rings. The van der Waals surface area contributed by atoms with Crippen molar-refractivity contribution in [2.24, 2.45) is 5.92 Å². The van der Waals surface area contributed by atoms with Crippen molar-refractivity contribution >= 4 is 17.7 Å². The number of methoxy groups -OCH3 is 1. The van der Waals surface area contributed by atoms with Crippen LogP contribution in [-0.4, -0.2) is 43.2 Å². The van der Waals surface area contributed by atoms with Crippen molar-refractivity contribution in [2.45, 2.75) is 38.3 Å². The zero-order chi connectivity index (χ0) is 16.7. The highest BCUT2D eigenvalue weighted by Crippen LogP contribution is 2.35. The third-order valence-electron chi connectivity index (χ3n) is 5.37. The van der Waals surface area contributed by atoms with Crippen LogP contribution in [0, 0.1) is 5.92 Å². The maximum Gasteiger partial charge on any atom is 0.414 e. The maximum absolute atomic E-state index is 12.7. The number of carbonyl (C=O) groups is 2. The Balaban J connectivity index is 1.70. The van der Waals surface area contributed by atoms with Gasteiger partial charge < -0.3 is 14.4 Å². The molecular weight excluding hydrogens is 308 g/mol. The van der Waals surface area contributed by atoms with E-state index in [9.17, 15) is 9.59 Å². The van der Waals surface area contributed by atoms with E-state index in [1.165, 1.54) is 0 Å². The first kappa shape index (κ1) is 15.3. The van der Waals surface area contributed by atoms with Crippen molar-refractivity contribution in [3.8, 4) is 5.75 Å². The zero-order valence-corrected chi connectivity index (χ0v) is 13.9. The van der Waals surface area contributed by atoms with Crippen LogP contribution in [-0.2, 0) is 16.1 Å². The van der Waals surface area contributed by atoms with E-state index in [0.717, 1.165) is 42.7 Å². The summed E-state index contributed by atoms with van der Waals surface area (Å²) in [7, 11) is 1.62. The summed E-state index contributed by atoms with van der Waals surface area (Å²) in [5.41, 5.74) is 1.76. The largest absolute Gasteiger partial charge is 0.497 e. The van der Waals surface area contributed by atoms with Crippen LogP contribution in [0.1, 0.15) is 31.2 Å². The number of hydrogen-bond donors (Lipinski definition) is 0. The number of benzene rings is 1. The summed E-state index contributed by atoms with van der Waals surface area (Å²) in [5.74, 6) is 1.15. The maximum atomic E-state index is 12.7. The molecule has 128 valence electrons. The van der Waals surface area contributed by atoms with Crippen LogP contribution in [0.4, 0.5) is 10.5 Å². The van der Waals surface area contributed by atoms with E-state index in [1.54, 1.807) is 12.0 Å². The van der Waals surface area contributed by atoms with Crippen LogP contribution < -0.4 is 9.64 Å². The van der Waals surface area contributed by atoms with E-state index < -0.39 is 0 Å². The molecule has 4 rings (SSSR count). The summed E-state index contributed by atoms with van der Waals surface area (Å²) in [6.07, 6.45) is 3.59. The van der Waals surface area contributed by atoms with E-state index in [-0.39, 0.29) is 24.0 Å². The molecule has 1 saturated carbocycles. The molecule has 1 aromatic carbocycles. The van der Waals surface area contributed by atoms with E-state index in [4.69, 9.17) is 9.47 Å². The minimum Gasteiger partial charge on any atom is -0.497 e. The molecule has 0 unspecified atom stereocenters. The van der Waals surface area contributed by atoms with Gasteiger partial charge in [-0.15, -0.1) is 0 Å². The second-order valence-corrected chi connectivity index (χ2v) is 6.77. The average molecular weight is 330 g/mol. The van der Waals surface area contributed by atoms with Crippen LogP contribution >= 0.6 is 0 Å². The fraction of sp³-hybridized carbons (Fsp3) is 0.556.